The van der Waals surface area contributed by atoms with Crippen LogP contribution in [0.15, 0.2) is 48.5 Å². The molecule has 0 heterocycles. The number of methoxy groups -OCH3 is 2. The van der Waals surface area contributed by atoms with Crippen molar-refractivity contribution in [3.63, 3.8) is 0 Å². The van der Waals surface area contributed by atoms with E-state index in [9.17, 15) is 4.79 Å². The number of carbonyl (C=O) groups is 1. The molecule has 0 aliphatic heterocycles. The predicted molar refractivity (Wildman–Crippen MR) is 88.6 cm³/mol. The SMILES string of the molecule is COC(=O)c1ccc(CNCc2ccc(OC)cc2)cc1.Cl. The van der Waals surface area contributed by atoms with E-state index in [-0.39, 0.29) is 18.4 Å². The van der Waals surface area contributed by atoms with Crippen molar-refractivity contribution >= 4 is 18.4 Å². The van der Waals surface area contributed by atoms with E-state index in [2.05, 4.69) is 10.1 Å². The molecule has 0 aliphatic rings. The fraction of sp³-hybridized carbons (Fsp3) is 0.235. The number of nitrogens with one attached hydrogen (secondary N) is 1. The summed E-state index contributed by atoms with van der Waals surface area (Å²) in [5.41, 5.74) is 2.88. The normalized spacial score (nSPS) is 9.73. The summed E-state index contributed by atoms with van der Waals surface area (Å²) in [5, 5.41) is 3.36. The molecule has 2 rings (SSSR count). The minimum absolute atomic E-state index is 0. The van der Waals surface area contributed by atoms with E-state index < -0.39 is 0 Å². The summed E-state index contributed by atoms with van der Waals surface area (Å²) in [6.07, 6.45) is 0. The molecule has 2 aromatic carbocycles. The van der Waals surface area contributed by atoms with E-state index in [0.717, 1.165) is 24.4 Å². The lowest BCUT2D eigenvalue weighted by Crippen LogP contribution is -2.12. The zero-order chi connectivity index (χ0) is 15.1. The second-order valence-corrected chi connectivity index (χ2v) is 4.64. The Labute approximate surface area is 136 Å². The number of esters is 1. The molecule has 4 nitrogen and oxygen atoms in total. The van der Waals surface area contributed by atoms with Crippen LogP contribution in [0.2, 0.25) is 0 Å². The minimum Gasteiger partial charge on any atom is -0.497 e. The third-order valence-electron chi connectivity index (χ3n) is 3.19. The Morgan fingerprint density at radius 2 is 1.41 bits per heavy atom. The highest BCUT2D eigenvalue weighted by Gasteiger charge is 2.04. The van der Waals surface area contributed by atoms with Gasteiger partial charge in [0.2, 0.25) is 0 Å². The van der Waals surface area contributed by atoms with Crippen LogP contribution in [-0.4, -0.2) is 20.2 Å². The van der Waals surface area contributed by atoms with Crippen molar-refractivity contribution in [2.75, 3.05) is 14.2 Å². The maximum Gasteiger partial charge on any atom is 0.337 e. The Hall–Kier alpha value is -2.04. The van der Waals surface area contributed by atoms with E-state index in [1.165, 1.54) is 12.7 Å². The van der Waals surface area contributed by atoms with Crippen LogP contribution >= 0.6 is 12.4 Å². The number of halogens is 1. The lowest BCUT2D eigenvalue weighted by atomic mass is 10.1. The molecule has 22 heavy (non-hydrogen) atoms. The van der Waals surface area contributed by atoms with E-state index in [1.54, 1.807) is 19.2 Å². The van der Waals surface area contributed by atoms with Crippen LogP contribution in [0.3, 0.4) is 0 Å². The maximum absolute atomic E-state index is 11.3. The monoisotopic (exact) mass is 321 g/mol. The first kappa shape index (κ1) is 18.0. The molecule has 0 saturated heterocycles. The Morgan fingerprint density at radius 3 is 1.86 bits per heavy atom. The van der Waals surface area contributed by atoms with Crippen molar-refractivity contribution in [2.24, 2.45) is 0 Å². The second-order valence-electron chi connectivity index (χ2n) is 4.64. The number of benzene rings is 2. The largest absolute Gasteiger partial charge is 0.497 e. The highest BCUT2D eigenvalue weighted by Crippen LogP contribution is 2.11. The summed E-state index contributed by atoms with van der Waals surface area (Å²) in [4.78, 5) is 11.3. The van der Waals surface area contributed by atoms with Gasteiger partial charge in [-0.15, -0.1) is 12.4 Å². The first-order valence-corrected chi connectivity index (χ1v) is 6.74. The third-order valence-corrected chi connectivity index (χ3v) is 3.19. The van der Waals surface area contributed by atoms with Gasteiger partial charge < -0.3 is 14.8 Å². The summed E-state index contributed by atoms with van der Waals surface area (Å²) in [6.45, 7) is 1.52. The standard InChI is InChI=1S/C17H19NO3.ClH/c1-20-16-9-5-14(6-10-16)12-18-11-13-3-7-15(8-4-13)17(19)21-2;/h3-10,18H,11-12H2,1-2H3;1H. The van der Waals surface area contributed by atoms with Gasteiger partial charge >= 0.3 is 5.97 Å². The van der Waals surface area contributed by atoms with Crippen LogP contribution in [-0.2, 0) is 17.8 Å². The highest BCUT2D eigenvalue weighted by molar-refractivity contribution is 5.89. The van der Waals surface area contributed by atoms with Crippen LogP contribution in [0.5, 0.6) is 5.75 Å². The molecular formula is C17H20ClNO3. The minimum atomic E-state index is -0.312. The Kier molecular flexibility index (Phi) is 7.43. The molecule has 118 valence electrons. The molecule has 0 aromatic heterocycles. The van der Waals surface area contributed by atoms with Gasteiger partial charge in [-0.2, -0.15) is 0 Å². The van der Waals surface area contributed by atoms with Gasteiger partial charge in [-0.1, -0.05) is 24.3 Å². The van der Waals surface area contributed by atoms with Crippen LogP contribution in [0.1, 0.15) is 21.5 Å². The van der Waals surface area contributed by atoms with Crippen molar-refractivity contribution in [1.29, 1.82) is 0 Å². The number of rotatable bonds is 6. The van der Waals surface area contributed by atoms with Gasteiger partial charge in [0.1, 0.15) is 5.75 Å². The van der Waals surface area contributed by atoms with Crippen LogP contribution < -0.4 is 10.1 Å². The van der Waals surface area contributed by atoms with Crippen molar-refractivity contribution in [1.82, 2.24) is 5.32 Å². The van der Waals surface area contributed by atoms with Crippen molar-refractivity contribution in [2.45, 2.75) is 13.1 Å². The topological polar surface area (TPSA) is 47.6 Å². The predicted octanol–water partition coefficient (Wildman–Crippen LogP) is 3.19. The number of ether oxygens (including phenoxy) is 2. The quantitative estimate of drug-likeness (QED) is 0.830. The molecular weight excluding hydrogens is 302 g/mol. The zero-order valence-corrected chi connectivity index (χ0v) is 13.5. The van der Waals surface area contributed by atoms with Crippen LogP contribution in [0.25, 0.3) is 0 Å². The Morgan fingerprint density at radius 1 is 0.909 bits per heavy atom. The van der Waals surface area contributed by atoms with Gasteiger partial charge in [-0.05, 0) is 35.4 Å². The van der Waals surface area contributed by atoms with Crippen molar-refractivity contribution in [3.05, 3.63) is 65.2 Å². The Balaban J connectivity index is 0.00000242. The fourth-order valence-electron chi connectivity index (χ4n) is 1.97. The van der Waals surface area contributed by atoms with Gasteiger partial charge in [0, 0.05) is 13.1 Å². The van der Waals surface area contributed by atoms with Crippen LogP contribution in [0.4, 0.5) is 0 Å². The van der Waals surface area contributed by atoms with Crippen LogP contribution in [0, 0.1) is 0 Å². The molecule has 0 unspecified atom stereocenters. The molecule has 0 spiro atoms. The van der Waals surface area contributed by atoms with E-state index >= 15 is 0 Å². The number of hydrogen-bond donors (Lipinski definition) is 1. The smallest absolute Gasteiger partial charge is 0.337 e. The number of hydrogen-bond acceptors (Lipinski definition) is 4. The van der Waals surface area contributed by atoms with Gasteiger partial charge in [-0.3, -0.25) is 0 Å². The molecule has 0 aliphatic carbocycles. The second kappa shape index (κ2) is 9.07. The summed E-state index contributed by atoms with van der Waals surface area (Å²) >= 11 is 0. The van der Waals surface area contributed by atoms with Crippen molar-refractivity contribution in [3.8, 4) is 5.75 Å². The van der Waals surface area contributed by atoms with E-state index in [1.807, 2.05) is 36.4 Å². The Bertz CT molecular complexity index is 582. The molecule has 1 N–H and O–H groups in total. The maximum atomic E-state index is 11.3. The molecule has 0 radical (unpaired) electrons. The molecule has 5 heteroatoms. The first-order chi connectivity index (χ1) is 10.2. The molecule has 0 saturated carbocycles. The van der Waals surface area contributed by atoms with Crippen molar-refractivity contribution < 1.29 is 14.3 Å². The fourth-order valence-corrected chi connectivity index (χ4v) is 1.97. The molecule has 0 bridgehead atoms. The first-order valence-electron chi connectivity index (χ1n) is 6.74. The summed E-state index contributed by atoms with van der Waals surface area (Å²) < 4.78 is 9.79. The summed E-state index contributed by atoms with van der Waals surface area (Å²) in [7, 11) is 3.04. The summed E-state index contributed by atoms with van der Waals surface area (Å²) in [5.74, 6) is 0.546. The van der Waals surface area contributed by atoms with E-state index in [0.29, 0.717) is 5.56 Å². The zero-order valence-electron chi connectivity index (χ0n) is 12.7. The van der Waals surface area contributed by atoms with Gasteiger partial charge in [0.05, 0.1) is 19.8 Å². The molecule has 2 aromatic rings. The summed E-state index contributed by atoms with van der Waals surface area (Å²) in [6, 6.07) is 15.4. The van der Waals surface area contributed by atoms with Gasteiger partial charge in [0.15, 0.2) is 0 Å². The molecule has 0 amide bonds. The lowest BCUT2D eigenvalue weighted by Gasteiger charge is -2.07. The average Bonchev–Trinajstić information content (AvgIpc) is 2.55. The molecule has 0 atom stereocenters. The lowest BCUT2D eigenvalue weighted by molar-refractivity contribution is 0.0600. The van der Waals surface area contributed by atoms with Gasteiger partial charge in [0.25, 0.3) is 0 Å². The number of carbonyl (C=O) groups excluding carboxylic acids is 1. The molecule has 0 fully saturated rings. The highest BCUT2D eigenvalue weighted by atomic mass is 35.5. The van der Waals surface area contributed by atoms with Gasteiger partial charge in [-0.25, -0.2) is 4.79 Å². The average molecular weight is 322 g/mol. The third kappa shape index (κ3) is 5.06. The van der Waals surface area contributed by atoms with E-state index in [4.69, 9.17) is 4.74 Å².